The number of halogens is 2. The van der Waals surface area contributed by atoms with Crippen molar-refractivity contribution < 1.29 is 23.5 Å². The van der Waals surface area contributed by atoms with Gasteiger partial charge >= 0.3 is 11.9 Å². The van der Waals surface area contributed by atoms with Gasteiger partial charge in [0.05, 0.1) is 19.2 Å². The molecule has 0 radical (unpaired) electrons. The molecule has 0 aromatic heterocycles. The molecule has 0 N–H and O–H groups in total. The minimum Gasteiger partial charge on any atom is -0.468 e. The zero-order valence-corrected chi connectivity index (χ0v) is 11.9. The first-order valence-corrected chi connectivity index (χ1v) is 6.51. The molecule has 0 fully saturated rings. The van der Waals surface area contributed by atoms with E-state index in [-0.39, 0.29) is 22.6 Å². The third kappa shape index (κ3) is 1.97. The molecular weight excluding hydrogens is 287 g/mol. The van der Waals surface area contributed by atoms with E-state index in [1.807, 2.05) is 0 Å². The normalized spacial score (nSPS) is 16.2. The van der Waals surface area contributed by atoms with Crippen molar-refractivity contribution in [2.45, 2.75) is 24.7 Å². The maximum absolute atomic E-state index is 14.1. The number of esters is 2. The van der Waals surface area contributed by atoms with Crippen LogP contribution in [0.5, 0.6) is 0 Å². The van der Waals surface area contributed by atoms with Crippen molar-refractivity contribution in [2.24, 2.45) is 0 Å². The predicted molar refractivity (Wildman–Crippen MR) is 70.1 cm³/mol. The number of benzene rings is 1. The van der Waals surface area contributed by atoms with Crippen molar-refractivity contribution in [3.8, 4) is 0 Å². The fourth-order valence-electron chi connectivity index (χ4n) is 2.76. The quantitative estimate of drug-likeness (QED) is 0.622. The van der Waals surface area contributed by atoms with E-state index in [4.69, 9.17) is 21.1 Å². The molecule has 1 aromatic rings. The first-order chi connectivity index (χ1) is 9.48. The SMILES string of the molecule is COC(=O)C1(C(=O)OC)CCCc2c1ccc(Cl)c2F. The standard InChI is InChI=1S/C14H14ClFO4/c1-19-12(17)14(13(18)20-2)7-3-4-8-9(14)5-6-10(15)11(8)16/h5-6H,3-4,7H2,1-2H3. The van der Waals surface area contributed by atoms with E-state index in [2.05, 4.69) is 0 Å². The monoisotopic (exact) mass is 300 g/mol. The summed E-state index contributed by atoms with van der Waals surface area (Å²) in [6, 6.07) is 2.83. The largest absolute Gasteiger partial charge is 0.468 e. The average Bonchev–Trinajstić information content (AvgIpc) is 2.48. The second kappa shape index (κ2) is 5.40. The van der Waals surface area contributed by atoms with Crippen molar-refractivity contribution in [2.75, 3.05) is 14.2 Å². The van der Waals surface area contributed by atoms with Crippen LogP contribution in [0.25, 0.3) is 0 Å². The highest BCUT2D eigenvalue weighted by atomic mass is 35.5. The lowest BCUT2D eigenvalue weighted by atomic mass is 9.69. The number of hydrogen-bond acceptors (Lipinski definition) is 4. The highest BCUT2D eigenvalue weighted by Crippen LogP contribution is 2.41. The fraction of sp³-hybridized carbons (Fsp3) is 0.429. The molecule has 0 saturated carbocycles. The van der Waals surface area contributed by atoms with Crippen LogP contribution in [-0.2, 0) is 30.9 Å². The van der Waals surface area contributed by atoms with Gasteiger partial charge in [-0.1, -0.05) is 17.7 Å². The Morgan fingerprint density at radius 1 is 1.25 bits per heavy atom. The maximum atomic E-state index is 14.1. The fourth-order valence-corrected chi connectivity index (χ4v) is 2.93. The number of hydrogen-bond donors (Lipinski definition) is 0. The summed E-state index contributed by atoms with van der Waals surface area (Å²) in [5.74, 6) is -2.08. The second-order valence-electron chi connectivity index (χ2n) is 4.63. The van der Waals surface area contributed by atoms with Crippen molar-refractivity contribution in [1.82, 2.24) is 0 Å². The van der Waals surface area contributed by atoms with Gasteiger partial charge in [0.2, 0.25) is 0 Å². The molecule has 0 atom stereocenters. The number of carbonyl (C=O) groups excluding carboxylic acids is 2. The number of fused-ring (bicyclic) bond motifs is 1. The molecule has 1 aromatic carbocycles. The topological polar surface area (TPSA) is 52.6 Å². The summed E-state index contributed by atoms with van der Waals surface area (Å²) in [5.41, 5.74) is -1.05. The van der Waals surface area contributed by atoms with Crippen LogP contribution in [0.2, 0.25) is 5.02 Å². The van der Waals surface area contributed by atoms with E-state index in [1.54, 1.807) is 0 Å². The van der Waals surface area contributed by atoms with E-state index in [9.17, 15) is 14.0 Å². The molecule has 1 aliphatic carbocycles. The molecule has 0 bridgehead atoms. The number of ether oxygens (including phenoxy) is 2. The van der Waals surface area contributed by atoms with Gasteiger partial charge in [0, 0.05) is 0 Å². The number of methoxy groups -OCH3 is 2. The lowest BCUT2D eigenvalue weighted by molar-refractivity contribution is -0.163. The van der Waals surface area contributed by atoms with Crippen molar-refractivity contribution in [3.05, 3.63) is 34.1 Å². The summed E-state index contributed by atoms with van der Waals surface area (Å²) in [5, 5.41) is -0.0331. The molecule has 108 valence electrons. The molecule has 0 unspecified atom stereocenters. The van der Waals surface area contributed by atoms with Crippen LogP contribution in [0.3, 0.4) is 0 Å². The van der Waals surface area contributed by atoms with E-state index in [1.165, 1.54) is 26.4 Å². The Labute approximate surface area is 120 Å². The minimum absolute atomic E-state index is 0.0331. The van der Waals surface area contributed by atoms with Gasteiger partial charge < -0.3 is 9.47 Å². The minimum atomic E-state index is -1.61. The molecule has 0 spiro atoms. The molecule has 1 aliphatic rings. The predicted octanol–water partition coefficient (Wildman–Crippen LogP) is 2.40. The first-order valence-electron chi connectivity index (χ1n) is 6.13. The van der Waals surface area contributed by atoms with Crippen LogP contribution in [0, 0.1) is 5.82 Å². The van der Waals surface area contributed by atoms with Gasteiger partial charge in [-0.25, -0.2) is 4.39 Å². The highest BCUT2D eigenvalue weighted by molar-refractivity contribution is 6.30. The second-order valence-corrected chi connectivity index (χ2v) is 5.04. The van der Waals surface area contributed by atoms with Gasteiger partial charge in [-0.3, -0.25) is 9.59 Å². The molecule has 6 heteroatoms. The van der Waals surface area contributed by atoms with E-state index < -0.39 is 23.2 Å². The lowest BCUT2D eigenvalue weighted by Crippen LogP contribution is -2.48. The zero-order chi connectivity index (χ0) is 14.9. The molecular formula is C14H14ClFO4. The Hall–Kier alpha value is -1.62. The van der Waals surface area contributed by atoms with Crippen LogP contribution < -0.4 is 0 Å². The van der Waals surface area contributed by atoms with Crippen LogP contribution in [0.4, 0.5) is 4.39 Å². The summed E-state index contributed by atoms with van der Waals surface area (Å²) in [4.78, 5) is 24.3. The molecule has 20 heavy (non-hydrogen) atoms. The molecule has 0 amide bonds. The van der Waals surface area contributed by atoms with Gasteiger partial charge in [-0.05, 0) is 36.5 Å². The van der Waals surface area contributed by atoms with E-state index >= 15 is 0 Å². The Bertz CT molecular complexity index is 555. The summed E-state index contributed by atoms with van der Waals surface area (Å²) in [6.07, 6.45) is 1.10. The summed E-state index contributed by atoms with van der Waals surface area (Å²) < 4.78 is 23.6. The average molecular weight is 301 g/mol. The zero-order valence-electron chi connectivity index (χ0n) is 11.2. The third-order valence-corrected chi connectivity index (χ3v) is 3.99. The third-order valence-electron chi connectivity index (χ3n) is 3.70. The molecule has 2 rings (SSSR count). The van der Waals surface area contributed by atoms with E-state index in [0.717, 1.165) is 0 Å². The highest BCUT2D eigenvalue weighted by Gasteiger charge is 2.52. The number of rotatable bonds is 2. The summed E-state index contributed by atoms with van der Waals surface area (Å²) >= 11 is 5.76. The molecule has 0 heterocycles. The Balaban J connectivity index is 2.72. The number of carbonyl (C=O) groups is 2. The van der Waals surface area contributed by atoms with Crippen molar-refractivity contribution >= 4 is 23.5 Å². The van der Waals surface area contributed by atoms with Crippen LogP contribution >= 0.6 is 11.6 Å². The van der Waals surface area contributed by atoms with Crippen molar-refractivity contribution in [3.63, 3.8) is 0 Å². The first kappa shape index (κ1) is 14.8. The van der Waals surface area contributed by atoms with Crippen molar-refractivity contribution in [1.29, 1.82) is 0 Å². The molecule has 0 saturated heterocycles. The van der Waals surface area contributed by atoms with Gasteiger partial charge in [0.25, 0.3) is 0 Å². The van der Waals surface area contributed by atoms with Gasteiger partial charge in [-0.15, -0.1) is 0 Å². The van der Waals surface area contributed by atoms with Gasteiger partial charge in [0.1, 0.15) is 5.82 Å². The summed E-state index contributed by atoms with van der Waals surface area (Å²) in [7, 11) is 2.38. The smallest absolute Gasteiger partial charge is 0.327 e. The maximum Gasteiger partial charge on any atom is 0.327 e. The molecule has 0 aliphatic heterocycles. The van der Waals surface area contributed by atoms with Crippen LogP contribution in [0.1, 0.15) is 24.0 Å². The Morgan fingerprint density at radius 3 is 2.40 bits per heavy atom. The van der Waals surface area contributed by atoms with Gasteiger partial charge in [-0.2, -0.15) is 0 Å². The lowest BCUT2D eigenvalue weighted by Gasteiger charge is -2.34. The van der Waals surface area contributed by atoms with E-state index in [0.29, 0.717) is 12.8 Å². The van der Waals surface area contributed by atoms with Crippen LogP contribution in [0.15, 0.2) is 12.1 Å². The Morgan fingerprint density at radius 2 is 1.85 bits per heavy atom. The summed E-state index contributed by atoms with van der Waals surface area (Å²) in [6.45, 7) is 0. The van der Waals surface area contributed by atoms with Crippen LogP contribution in [-0.4, -0.2) is 26.2 Å². The molecule has 4 nitrogen and oxygen atoms in total. The Kier molecular flexibility index (Phi) is 3.99. The van der Waals surface area contributed by atoms with Gasteiger partial charge in [0.15, 0.2) is 5.41 Å².